The molecule has 0 aromatic carbocycles. The zero-order valence-corrected chi connectivity index (χ0v) is 47.9. The Morgan fingerprint density at radius 3 is 1.15 bits per heavy atom. The first-order chi connectivity index (χ1) is 36.2. The largest absolute Gasteiger partial charge is 0.472 e. The highest BCUT2D eigenvalue weighted by Gasteiger charge is 2.28. The monoisotopic (exact) mass is 1060 g/mol. The highest BCUT2D eigenvalue weighted by molar-refractivity contribution is 7.47. The third-order valence-corrected chi connectivity index (χ3v) is 13.2. The van der Waals surface area contributed by atoms with Gasteiger partial charge in [-0.3, -0.25) is 23.4 Å². The molecule has 0 saturated carbocycles. The minimum Gasteiger partial charge on any atom is -0.462 e. The summed E-state index contributed by atoms with van der Waals surface area (Å²) in [7, 11) is -4.76. The van der Waals surface area contributed by atoms with Crippen LogP contribution in [0.3, 0.4) is 0 Å². The summed E-state index contributed by atoms with van der Waals surface area (Å²) in [4.78, 5) is 48.5. The van der Waals surface area contributed by atoms with Crippen LogP contribution in [0.5, 0.6) is 0 Å². The lowest BCUT2D eigenvalue weighted by atomic mass is 10.1. The highest BCUT2D eigenvalue weighted by atomic mass is 31.2. The normalized spacial score (nSPS) is 14.0. The average molecular weight is 1060 g/mol. The molecule has 11 nitrogen and oxygen atoms in total. The summed E-state index contributed by atoms with van der Waals surface area (Å²) >= 11 is 0. The molecule has 0 aromatic heterocycles. The van der Waals surface area contributed by atoms with E-state index in [9.17, 15) is 28.9 Å². The molecule has 0 radical (unpaired) electrons. The molecule has 74 heavy (non-hydrogen) atoms. The van der Waals surface area contributed by atoms with Crippen molar-refractivity contribution in [2.45, 2.75) is 264 Å². The SMILES string of the molecule is CC/C=C\C/C=C\C/C=C\C/C=C\CCCCC(=O)OCC(COP(=O)(O)OCC(CO)OC(=O)CCCCCCC/C=C\CCCCCC)OC(=O)CCCCCCCCCCC/C=C\C/C=C\CCCCC. The van der Waals surface area contributed by atoms with Crippen LogP contribution in [0, 0.1) is 0 Å². The molecule has 0 amide bonds. The van der Waals surface area contributed by atoms with E-state index in [0.717, 1.165) is 109 Å². The Bertz CT molecular complexity index is 1560. The molecule has 0 saturated heterocycles. The van der Waals surface area contributed by atoms with Gasteiger partial charge in [-0.25, -0.2) is 4.57 Å². The summed E-state index contributed by atoms with van der Waals surface area (Å²) in [6.45, 7) is 4.44. The molecule has 0 aliphatic carbocycles. The first-order valence-corrected chi connectivity index (χ1v) is 31.0. The Labute approximate surface area is 451 Å². The highest BCUT2D eigenvalue weighted by Crippen LogP contribution is 2.43. The minimum atomic E-state index is -4.76. The number of rotatable bonds is 54. The number of phosphoric ester groups is 1. The standard InChI is InChI=1S/C62H107O11P/c1-4-7-10-13-16-19-22-25-27-28-29-30-32-35-38-41-44-47-50-53-62(66)73-59(55-69-60(64)51-48-45-42-39-36-34-31-26-23-20-17-14-11-8-5-2)57-71-74(67,68)70-56-58(54-63)72-61(65)52-49-46-43-40-37-33-24-21-18-15-12-9-6-3/h8,11,16-17,19-21,24-27,31,36,39,58-59,63H,4-7,9-10,12-15,18,22-23,28-30,32-35,37-38,40-57H2,1-3H3,(H,67,68)/b11-8-,19-16-,20-17-,24-21-,27-25-,31-26-,39-36-. The van der Waals surface area contributed by atoms with Gasteiger partial charge in [0.25, 0.3) is 0 Å². The van der Waals surface area contributed by atoms with E-state index >= 15 is 0 Å². The predicted octanol–water partition coefficient (Wildman–Crippen LogP) is 17.5. The topological polar surface area (TPSA) is 155 Å². The lowest BCUT2D eigenvalue weighted by Crippen LogP contribution is -2.30. The van der Waals surface area contributed by atoms with Crippen LogP contribution in [-0.2, 0) is 42.2 Å². The van der Waals surface area contributed by atoms with Crippen molar-refractivity contribution in [2.75, 3.05) is 26.4 Å². The Morgan fingerprint density at radius 1 is 0.392 bits per heavy atom. The lowest BCUT2D eigenvalue weighted by molar-refractivity contribution is -0.161. The first-order valence-electron chi connectivity index (χ1n) is 29.5. The number of ether oxygens (including phenoxy) is 3. The number of aliphatic hydroxyl groups excluding tert-OH is 1. The van der Waals surface area contributed by atoms with Crippen molar-refractivity contribution in [3.63, 3.8) is 0 Å². The van der Waals surface area contributed by atoms with Crippen LogP contribution in [0.25, 0.3) is 0 Å². The van der Waals surface area contributed by atoms with E-state index in [4.69, 9.17) is 23.3 Å². The van der Waals surface area contributed by atoms with Crippen LogP contribution in [-0.4, -0.2) is 66.5 Å². The molecule has 0 rings (SSSR count). The molecular weight excluding hydrogens is 952 g/mol. The number of carbonyl (C=O) groups is 3. The molecule has 426 valence electrons. The Morgan fingerprint density at radius 2 is 0.703 bits per heavy atom. The Kier molecular flexibility index (Phi) is 53.4. The summed E-state index contributed by atoms with van der Waals surface area (Å²) in [5.74, 6) is -1.53. The van der Waals surface area contributed by atoms with Crippen molar-refractivity contribution < 1.29 is 52.2 Å². The maximum Gasteiger partial charge on any atom is 0.472 e. The van der Waals surface area contributed by atoms with Gasteiger partial charge in [-0.2, -0.15) is 0 Å². The van der Waals surface area contributed by atoms with Crippen LogP contribution in [0.1, 0.15) is 252 Å². The Hall–Kier alpha value is -3.34. The molecule has 2 N–H and O–H groups in total. The molecule has 3 unspecified atom stereocenters. The van der Waals surface area contributed by atoms with E-state index in [0.29, 0.717) is 19.3 Å². The molecule has 0 spiro atoms. The van der Waals surface area contributed by atoms with E-state index in [-0.39, 0.29) is 25.9 Å². The lowest BCUT2D eigenvalue weighted by Gasteiger charge is -2.21. The van der Waals surface area contributed by atoms with Crippen molar-refractivity contribution in [1.29, 1.82) is 0 Å². The smallest absolute Gasteiger partial charge is 0.462 e. The van der Waals surface area contributed by atoms with Gasteiger partial charge in [-0.1, -0.05) is 202 Å². The van der Waals surface area contributed by atoms with Crippen LogP contribution in [0.15, 0.2) is 85.1 Å². The van der Waals surface area contributed by atoms with Crippen LogP contribution in [0.2, 0.25) is 0 Å². The van der Waals surface area contributed by atoms with Gasteiger partial charge in [-0.05, 0) is 116 Å². The van der Waals surface area contributed by atoms with Crippen molar-refractivity contribution in [3.05, 3.63) is 85.1 Å². The third kappa shape index (κ3) is 53.5. The van der Waals surface area contributed by atoms with Crippen LogP contribution < -0.4 is 0 Å². The predicted molar refractivity (Wildman–Crippen MR) is 307 cm³/mol. The fourth-order valence-electron chi connectivity index (χ4n) is 7.78. The summed E-state index contributed by atoms with van der Waals surface area (Å²) in [6, 6.07) is 0. The quantitative estimate of drug-likeness (QED) is 0.0197. The van der Waals surface area contributed by atoms with Gasteiger partial charge in [0.2, 0.25) is 0 Å². The zero-order chi connectivity index (χ0) is 54.1. The summed E-state index contributed by atoms with van der Waals surface area (Å²) in [6.07, 6.45) is 64.0. The van der Waals surface area contributed by atoms with E-state index < -0.39 is 57.8 Å². The maximum atomic E-state index is 12.9. The van der Waals surface area contributed by atoms with Gasteiger partial charge in [0.05, 0.1) is 19.8 Å². The minimum absolute atomic E-state index is 0.150. The summed E-state index contributed by atoms with van der Waals surface area (Å²) in [5, 5.41) is 9.81. The molecule has 0 heterocycles. The second kappa shape index (κ2) is 55.9. The molecular formula is C62H107O11P. The van der Waals surface area contributed by atoms with Crippen molar-refractivity contribution >= 4 is 25.7 Å². The molecule has 0 aliphatic heterocycles. The first kappa shape index (κ1) is 70.7. The van der Waals surface area contributed by atoms with Crippen molar-refractivity contribution in [3.8, 4) is 0 Å². The number of hydrogen-bond donors (Lipinski definition) is 2. The zero-order valence-electron chi connectivity index (χ0n) is 47.0. The summed E-state index contributed by atoms with van der Waals surface area (Å²) in [5.41, 5.74) is 0. The number of allylic oxidation sites excluding steroid dienone is 14. The number of hydrogen-bond acceptors (Lipinski definition) is 10. The third-order valence-electron chi connectivity index (χ3n) is 12.3. The molecule has 0 bridgehead atoms. The van der Waals surface area contributed by atoms with Gasteiger partial charge in [-0.15, -0.1) is 0 Å². The number of aliphatic hydroxyl groups is 1. The second-order valence-corrected chi connectivity index (χ2v) is 20.9. The van der Waals surface area contributed by atoms with Gasteiger partial charge in [0.15, 0.2) is 6.10 Å². The van der Waals surface area contributed by atoms with E-state index in [1.54, 1.807) is 0 Å². The molecule has 12 heteroatoms. The fraction of sp³-hybridized carbons (Fsp3) is 0.726. The van der Waals surface area contributed by atoms with E-state index in [1.165, 1.54) is 83.5 Å². The molecule has 0 aliphatic rings. The molecule has 3 atom stereocenters. The number of carbonyl (C=O) groups excluding carboxylic acids is 3. The van der Waals surface area contributed by atoms with E-state index in [2.05, 4.69) is 106 Å². The number of phosphoric acid groups is 1. The fourth-order valence-corrected chi connectivity index (χ4v) is 8.57. The summed E-state index contributed by atoms with van der Waals surface area (Å²) < 4.78 is 39.5. The van der Waals surface area contributed by atoms with Crippen LogP contribution in [0.4, 0.5) is 0 Å². The Balaban J connectivity index is 4.78. The van der Waals surface area contributed by atoms with Gasteiger partial charge < -0.3 is 24.2 Å². The molecule has 0 aromatic rings. The van der Waals surface area contributed by atoms with E-state index in [1.807, 2.05) is 0 Å². The number of unbranched alkanes of at least 4 members (excludes halogenated alkanes) is 23. The maximum absolute atomic E-state index is 12.9. The van der Waals surface area contributed by atoms with Crippen molar-refractivity contribution in [2.24, 2.45) is 0 Å². The van der Waals surface area contributed by atoms with Crippen LogP contribution >= 0.6 is 7.82 Å². The van der Waals surface area contributed by atoms with Gasteiger partial charge in [0.1, 0.15) is 12.7 Å². The molecule has 0 fully saturated rings. The average Bonchev–Trinajstić information content (AvgIpc) is 3.39. The second-order valence-electron chi connectivity index (χ2n) is 19.4. The van der Waals surface area contributed by atoms with Gasteiger partial charge in [0, 0.05) is 19.3 Å². The van der Waals surface area contributed by atoms with Gasteiger partial charge >= 0.3 is 25.7 Å². The number of esters is 3. The van der Waals surface area contributed by atoms with Crippen molar-refractivity contribution in [1.82, 2.24) is 0 Å².